The summed E-state index contributed by atoms with van der Waals surface area (Å²) >= 11 is 0. The van der Waals surface area contributed by atoms with Crippen LogP contribution in [0.25, 0.3) is 12.2 Å². The molecule has 0 saturated heterocycles. The minimum atomic E-state index is -1.29. The van der Waals surface area contributed by atoms with Gasteiger partial charge in [0.05, 0.1) is 0 Å². The summed E-state index contributed by atoms with van der Waals surface area (Å²) < 4.78 is 0. The van der Waals surface area contributed by atoms with Gasteiger partial charge < -0.3 is 15.1 Å². The van der Waals surface area contributed by atoms with Crippen LogP contribution in [0.2, 0.25) is 0 Å². The molecule has 0 unspecified atom stereocenters. The Morgan fingerprint density at radius 1 is 0.676 bits per heavy atom. The van der Waals surface area contributed by atoms with Crippen LogP contribution in [-0.4, -0.2) is 22.2 Å². The highest BCUT2D eigenvalue weighted by molar-refractivity contribution is 5.97. The zero-order valence-electron chi connectivity index (χ0n) is 18.1. The molecule has 0 aromatic heterocycles. The second-order valence-corrected chi connectivity index (χ2v) is 7.30. The van der Waals surface area contributed by atoms with E-state index in [0.29, 0.717) is 11.1 Å². The Hall–Kier alpha value is -5.14. The standard InChI is InChI=1S/C27H19N3O4/c1-18-2-8-23(9-3-18)30(24-10-4-19(5-11-24)14-21(16-28)26(31)32)25-12-6-20(7-13-25)15-22(17-29)27(33)34/h2-15H,1H3,(H,31,32)(H,33,34)/b21-14+,22-15+. The largest absolute Gasteiger partial charge is 0.477 e. The molecule has 166 valence electrons. The van der Waals surface area contributed by atoms with E-state index in [9.17, 15) is 9.59 Å². The molecule has 0 fully saturated rings. The van der Waals surface area contributed by atoms with Gasteiger partial charge in [-0.1, -0.05) is 42.0 Å². The van der Waals surface area contributed by atoms with E-state index in [4.69, 9.17) is 20.7 Å². The predicted molar refractivity (Wildman–Crippen MR) is 128 cm³/mol. The zero-order chi connectivity index (χ0) is 24.7. The van der Waals surface area contributed by atoms with E-state index in [1.165, 1.54) is 12.2 Å². The number of carboxylic acid groups (broad SMARTS) is 2. The number of carboxylic acids is 2. The van der Waals surface area contributed by atoms with Crippen LogP contribution in [0.1, 0.15) is 16.7 Å². The van der Waals surface area contributed by atoms with Gasteiger partial charge in [-0.15, -0.1) is 0 Å². The van der Waals surface area contributed by atoms with Gasteiger partial charge in [0.1, 0.15) is 23.3 Å². The molecule has 0 atom stereocenters. The molecule has 3 aromatic rings. The Morgan fingerprint density at radius 3 is 1.29 bits per heavy atom. The molecule has 34 heavy (non-hydrogen) atoms. The Kier molecular flexibility index (Phi) is 7.23. The molecule has 0 aliphatic rings. The first-order valence-electron chi connectivity index (χ1n) is 10.1. The average Bonchev–Trinajstić information content (AvgIpc) is 2.83. The summed E-state index contributed by atoms with van der Waals surface area (Å²) in [5.41, 5.74) is 4.00. The molecule has 0 bridgehead atoms. The summed E-state index contributed by atoms with van der Waals surface area (Å²) in [4.78, 5) is 24.2. The first-order valence-corrected chi connectivity index (χ1v) is 10.1. The fourth-order valence-corrected chi connectivity index (χ4v) is 3.20. The van der Waals surface area contributed by atoms with Crippen LogP contribution < -0.4 is 4.90 Å². The van der Waals surface area contributed by atoms with Crippen LogP contribution >= 0.6 is 0 Å². The monoisotopic (exact) mass is 449 g/mol. The molecular formula is C27H19N3O4. The summed E-state index contributed by atoms with van der Waals surface area (Å²) in [6.07, 6.45) is 2.61. The van der Waals surface area contributed by atoms with E-state index in [1.54, 1.807) is 36.4 Å². The number of hydrogen-bond acceptors (Lipinski definition) is 5. The van der Waals surface area contributed by atoms with E-state index >= 15 is 0 Å². The third kappa shape index (κ3) is 5.56. The minimum absolute atomic E-state index is 0.357. The number of nitriles is 2. The van der Waals surface area contributed by atoms with E-state index in [0.717, 1.165) is 22.6 Å². The van der Waals surface area contributed by atoms with E-state index < -0.39 is 11.9 Å². The summed E-state index contributed by atoms with van der Waals surface area (Å²) in [7, 11) is 0. The van der Waals surface area contributed by atoms with Gasteiger partial charge in [-0.25, -0.2) is 9.59 Å². The number of anilines is 3. The third-order valence-electron chi connectivity index (χ3n) is 4.92. The fourth-order valence-electron chi connectivity index (χ4n) is 3.20. The number of aliphatic carboxylic acids is 2. The van der Waals surface area contributed by atoms with Crippen molar-refractivity contribution in [3.63, 3.8) is 0 Å². The first-order chi connectivity index (χ1) is 16.3. The maximum Gasteiger partial charge on any atom is 0.346 e. The number of nitrogens with zero attached hydrogens (tertiary/aromatic N) is 3. The van der Waals surface area contributed by atoms with Crippen LogP contribution in [0.4, 0.5) is 17.1 Å². The number of rotatable bonds is 7. The van der Waals surface area contributed by atoms with Crippen LogP contribution in [0.5, 0.6) is 0 Å². The van der Waals surface area contributed by atoms with E-state index in [1.807, 2.05) is 60.4 Å². The molecule has 0 aliphatic heterocycles. The number of hydrogen-bond donors (Lipinski definition) is 2. The van der Waals surface area contributed by atoms with Gasteiger partial charge >= 0.3 is 11.9 Å². The van der Waals surface area contributed by atoms with Crippen molar-refractivity contribution in [2.45, 2.75) is 6.92 Å². The molecule has 0 aliphatic carbocycles. The van der Waals surface area contributed by atoms with Crippen LogP contribution in [0.3, 0.4) is 0 Å². The molecule has 3 rings (SSSR count). The van der Waals surface area contributed by atoms with Gasteiger partial charge in [0.25, 0.3) is 0 Å². The van der Waals surface area contributed by atoms with Crippen LogP contribution in [-0.2, 0) is 9.59 Å². The highest BCUT2D eigenvalue weighted by atomic mass is 16.4. The van der Waals surface area contributed by atoms with Crippen molar-refractivity contribution in [1.82, 2.24) is 0 Å². The van der Waals surface area contributed by atoms with E-state index in [-0.39, 0.29) is 11.1 Å². The fraction of sp³-hybridized carbons (Fsp3) is 0.0370. The Morgan fingerprint density at radius 2 is 1.00 bits per heavy atom. The second kappa shape index (κ2) is 10.4. The predicted octanol–water partition coefficient (Wildman–Crippen LogP) is 5.45. The SMILES string of the molecule is Cc1ccc(N(c2ccc(/C=C(\C#N)C(=O)O)cc2)c2ccc(/C=C(\C#N)C(=O)O)cc2)cc1. The van der Waals surface area contributed by atoms with Crippen molar-refractivity contribution in [2.24, 2.45) is 0 Å². The lowest BCUT2D eigenvalue weighted by molar-refractivity contribution is -0.133. The molecule has 7 heteroatoms. The topological polar surface area (TPSA) is 125 Å². The van der Waals surface area contributed by atoms with Crippen LogP contribution in [0, 0.1) is 29.6 Å². The van der Waals surface area contributed by atoms with Crippen LogP contribution in [0.15, 0.2) is 83.9 Å². The first kappa shape index (κ1) is 23.5. The lowest BCUT2D eigenvalue weighted by atomic mass is 10.1. The Labute approximate surface area is 196 Å². The summed E-state index contributed by atoms with van der Waals surface area (Å²) in [6.45, 7) is 1.99. The van der Waals surface area contributed by atoms with Crippen molar-refractivity contribution < 1.29 is 19.8 Å². The summed E-state index contributed by atoms with van der Waals surface area (Å²) in [6, 6.07) is 25.4. The van der Waals surface area contributed by atoms with Crippen molar-refractivity contribution in [3.05, 3.63) is 101 Å². The van der Waals surface area contributed by atoms with Gasteiger partial charge in [0.2, 0.25) is 0 Å². The van der Waals surface area contributed by atoms with Gasteiger partial charge in [-0.2, -0.15) is 10.5 Å². The lowest BCUT2D eigenvalue weighted by Gasteiger charge is -2.26. The quantitative estimate of drug-likeness (QED) is 0.363. The second-order valence-electron chi connectivity index (χ2n) is 7.30. The summed E-state index contributed by atoms with van der Waals surface area (Å²) in [5, 5.41) is 36.1. The Balaban J connectivity index is 2.03. The molecule has 0 saturated carbocycles. The molecule has 7 nitrogen and oxygen atoms in total. The average molecular weight is 449 g/mol. The highest BCUT2D eigenvalue weighted by Crippen LogP contribution is 2.35. The van der Waals surface area contributed by atoms with Crippen molar-refractivity contribution in [1.29, 1.82) is 10.5 Å². The Bertz CT molecular complexity index is 1270. The van der Waals surface area contributed by atoms with Crippen molar-refractivity contribution >= 4 is 41.2 Å². The number of carbonyl (C=O) groups is 2. The van der Waals surface area contributed by atoms with Gasteiger partial charge in [-0.05, 0) is 66.6 Å². The number of aryl methyl sites for hydroxylation is 1. The lowest BCUT2D eigenvalue weighted by Crippen LogP contribution is -2.10. The highest BCUT2D eigenvalue weighted by Gasteiger charge is 2.13. The third-order valence-corrected chi connectivity index (χ3v) is 4.92. The zero-order valence-corrected chi connectivity index (χ0v) is 18.1. The number of benzene rings is 3. The van der Waals surface area contributed by atoms with Crippen molar-refractivity contribution in [2.75, 3.05) is 4.90 Å². The normalized spacial score (nSPS) is 11.3. The van der Waals surface area contributed by atoms with Gasteiger partial charge in [0.15, 0.2) is 0 Å². The molecule has 3 aromatic carbocycles. The van der Waals surface area contributed by atoms with E-state index in [2.05, 4.69) is 0 Å². The maximum atomic E-state index is 11.1. The maximum absolute atomic E-state index is 11.1. The minimum Gasteiger partial charge on any atom is -0.477 e. The van der Waals surface area contributed by atoms with Gasteiger partial charge in [0, 0.05) is 17.1 Å². The molecule has 2 N–H and O–H groups in total. The molecule has 0 amide bonds. The van der Waals surface area contributed by atoms with Crippen molar-refractivity contribution in [3.8, 4) is 12.1 Å². The molecule has 0 radical (unpaired) electrons. The molecule has 0 heterocycles. The summed E-state index contributed by atoms with van der Waals surface area (Å²) in [5.74, 6) is -2.58. The smallest absolute Gasteiger partial charge is 0.346 e. The molecular weight excluding hydrogens is 430 g/mol. The van der Waals surface area contributed by atoms with Gasteiger partial charge in [-0.3, -0.25) is 0 Å². The molecule has 0 spiro atoms.